The van der Waals surface area contributed by atoms with Crippen molar-refractivity contribution in [2.75, 3.05) is 19.6 Å². The monoisotopic (exact) mass is 356 g/mol. The summed E-state index contributed by atoms with van der Waals surface area (Å²) < 4.78 is 37.6. The van der Waals surface area contributed by atoms with Crippen LogP contribution in [0, 0.1) is 5.92 Å². The molecule has 1 heterocycles. The van der Waals surface area contributed by atoms with Gasteiger partial charge in [-0.2, -0.15) is 13.2 Å². The number of nitrogens with zero attached hydrogens (tertiary/aromatic N) is 1. The number of amides is 1. The predicted octanol–water partition coefficient (Wildman–Crippen LogP) is 2.56. The highest BCUT2D eigenvalue weighted by atomic mass is 19.4. The molecule has 1 aromatic rings. The van der Waals surface area contributed by atoms with Crippen molar-refractivity contribution in [2.24, 2.45) is 5.92 Å². The van der Waals surface area contributed by atoms with E-state index in [2.05, 4.69) is 5.32 Å². The Morgan fingerprint density at radius 1 is 1.24 bits per heavy atom. The third-order valence-corrected chi connectivity index (χ3v) is 4.91. The minimum Gasteiger partial charge on any atom is -0.379 e. The number of benzene rings is 1. The number of hydrogen-bond donors (Lipinski definition) is 2. The van der Waals surface area contributed by atoms with E-state index in [1.165, 1.54) is 12.1 Å². The second-order valence-electron chi connectivity index (χ2n) is 7.13. The van der Waals surface area contributed by atoms with Crippen molar-refractivity contribution < 1.29 is 23.1 Å². The summed E-state index contributed by atoms with van der Waals surface area (Å²) in [6.45, 7) is 1.82. The zero-order valence-corrected chi connectivity index (χ0v) is 14.0. The van der Waals surface area contributed by atoms with Crippen molar-refractivity contribution in [3.05, 3.63) is 35.4 Å². The lowest BCUT2D eigenvalue weighted by Crippen LogP contribution is -2.58. The van der Waals surface area contributed by atoms with E-state index in [4.69, 9.17) is 0 Å². The number of aliphatic hydroxyl groups is 1. The molecule has 0 radical (unpaired) electrons. The van der Waals surface area contributed by atoms with Crippen LogP contribution in [0.1, 0.15) is 36.8 Å². The third-order valence-electron chi connectivity index (χ3n) is 4.91. The van der Waals surface area contributed by atoms with Crippen LogP contribution in [0.4, 0.5) is 13.2 Å². The second-order valence-corrected chi connectivity index (χ2v) is 7.13. The molecule has 0 aromatic heterocycles. The summed E-state index contributed by atoms with van der Waals surface area (Å²) in [5.41, 5.74) is -1.43. The van der Waals surface area contributed by atoms with Crippen LogP contribution < -0.4 is 5.32 Å². The van der Waals surface area contributed by atoms with Crippen LogP contribution in [0.25, 0.3) is 0 Å². The molecule has 138 valence electrons. The topological polar surface area (TPSA) is 52.6 Å². The summed E-state index contributed by atoms with van der Waals surface area (Å²) in [6.07, 6.45) is -0.882. The van der Waals surface area contributed by atoms with E-state index >= 15 is 0 Å². The van der Waals surface area contributed by atoms with Crippen molar-refractivity contribution in [3.63, 3.8) is 0 Å². The largest absolute Gasteiger partial charge is 0.416 e. The van der Waals surface area contributed by atoms with Crippen LogP contribution >= 0.6 is 0 Å². The quantitative estimate of drug-likeness (QED) is 0.824. The summed E-state index contributed by atoms with van der Waals surface area (Å²) >= 11 is 0. The number of carbonyl (C=O) groups excluding carboxylic acids is 1. The van der Waals surface area contributed by atoms with Gasteiger partial charge < -0.3 is 15.3 Å². The molecule has 7 heteroatoms. The Kier molecular flexibility index (Phi) is 5.06. The van der Waals surface area contributed by atoms with Crippen molar-refractivity contribution >= 4 is 5.91 Å². The van der Waals surface area contributed by atoms with E-state index in [1.807, 2.05) is 0 Å². The van der Waals surface area contributed by atoms with E-state index in [0.717, 1.165) is 37.9 Å². The zero-order chi connectivity index (χ0) is 18.1. The Balaban J connectivity index is 1.52. The molecular formula is C18H23F3N2O2. The van der Waals surface area contributed by atoms with E-state index in [0.29, 0.717) is 31.0 Å². The van der Waals surface area contributed by atoms with Gasteiger partial charge in [0, 0.05) is 26.2 Å². The minimum absolute atomic E-state index is 0.105. The summed E-state index contributed by atoms with van der Waals surface area (Å²) in [4.78, 5) is 14.3. The van der Waals surface area contributed by atoms with E-state index in [9.17, 15) is 23.1 Å². The van der Waals surface area contributed by atoms with Crippen LogP contribution in [0.3, 0.4) is 0 Å². The van der Waals surface area contributed by atoms with E-state index in [-0.39, 0.29) is 12.5 Å². The lowest BCUT2D eigenvalue weighted by molar-refractivity contribution is -0.156. The van der Waals surface area contributed by atoms with Gasteiger partial charge in [0.05, 0.1) is 5.56 Å². The first-order chi connectivity index (χ1) is 11.8. The first-order valence-corrected chi connectivity index (χ1v) is 8.66. The van der Waals surface area contributed by atoms with Crippen LogP contribution in [-0.4, -0.2) is 41.1 Å². The highest BCUT2D eigenvalue weighted by molar-refractivity contribution is 5.86. The third kappa shape index (κ3) is 4.52. The maximum atomic E-state index is 12.5. The fourth-order valence-electron chi connectivity index (χ4n) is 3.24. The fraction of sp³-hybridized carbons (Fsp3) is 0.611. The molecule has 1 atom stereocenters. The minimum atomic E-state index is -4.35. The zero-order valence-electron chi connectivity index (χ0n) is 14.0. The lowest BCUT2D eigenvalue weighted by atomic mass is 9.91. The van der Waals surface area contributed by atoms with Crippen molar-refractivity contribution in [1.82, 2.24) is 10.2 Å². The highest BCUT2D eigenvalue weighted by Crippen LogP contribution is 2.32. The number of halogens is 3. The van der Waals surface area contributed by atoms with Gasteiger partial charge in [0.25, 0.3) is 5.91 Å². The van der Waals surface area contributed by atoms with Crippen LogP contribution in [-0.2, 0) is 17.5 Å². The maximum Gasteiger partial charge on any atom is 0.416 e. The van der Waals surface area contributed by atoms with Gasteiger partial charge >= 0.3 is 6.18 Å². The summed E-state index contributed by atoms with van der Waals surface area (Å²) in [5, 5.41) is 13.7. The molecule has 3 rings (SSSR count). The SMILES string of the molecule is O=C1N(CC2CC2)CCCC1(O)CNCc1ccc(C(F)(F)F)cc1. The number of hydrogen-bond acceptors (Lipinski definition) is 3. The Morgan fingerprint density at radius 2 is 1.92 bits per heavy atom. The summed E-state index contributed by atoms with van der Waals surface area (Å²) in [6, 6.07) is 4.88. The number of carbonyl (C=O) groups is 1. The molecule has 25 heavy (non-hydrogen) atoms. The van der Waals surface area contributed by atoms with Gasteiger partial charge in [-0.15, -0.1) is 0 Å². The number of nitrogens with one attached hydrogen (secondary N) is 1. The number of alkyl halides is 3. The van der Waals surface area contributed by atoms with Gasteiger partial charge in [0.2, 0.25) is 0 Å². The lowest BCUT2D eigenvalue weighted by Gasteiger charge is -2.38. The molecule has 1 aliphatic heterocycles. The average Bonchev–Trinajstić information content (AvgIpc) is 3.36. The van der Waals surface area contributed by atoms with Crippen molar-refractivity contribution in [3.8, 4) is 0 Å². The number of rotatable bonds is 6. The molecule has 2 N–H and O–H groups in total. The first-order valence-electron chi connectivity index (χ1n) is 8.66. The molecule has 4 nitrogen and oxygen atoms in total. The molecule has 2 fully saturated rings. The highest BCUT2D eigenvalue weighted by Gasteiger charge is 2.43. The molecule has 0 bridgehead atoms. The molecular weight excluding hydrogens is 333 g/mol. The fourth-order valence-corrected chi connectivity index (χ4v) is 3.24. The first kappa shape index (κ1) is 18.2. The molecule has 1 aliphatic carbocycles. The van der Waals surface area contributed by atoms with Gasteiger partial charge in [-0.1, -0.05) is 12.1 Å². The Hall–Kier alpha value is -1.60. The van der Waals surface area contributed by atoms with Gasteiger partial charge in [-0.05, 0) is 49.3 Å². The average molecular weight is 356 g/mol. The number of likely N-dealkylation sites (tertiary alicyclic amines) is 1. The summed E-state index contributed by atoms with van der Waals surface area (Å²) in [5.74, 6) is 0.344. The maximum absolute atomic E-state index is 12.5. The van der Waals surface area contributed by atoms with Crippen molar-refractivity contribution in [1.29, 1.82) is 0 Å². The van der Waals surface area contributed by atoms with E-state index < -0.39 is 17.3 Å². The van der Waals surface area contributed by atoms with E-state index in [1.54, 1.807) is 4.90 Å². The van der Waals surface area contributed by atoms with Gasteiger partial charge in [0.15, 0.2) is 5.60 Å². The van der Waals surface area contributed by atoms with Gasteiger partial charge in [-0.3, -0.25) is 4.79 Å². The smallest absolute Gasteiger partial charge is 0.379 e. The second kappa shape index (κ2) is 6.96. The van der Waals surface area contributed by atoms with Crippen molar-refractivity contribution in [2.45, 2.75) is 44.0 Å². The van der Waals surface area contributed by atoms with Crippen LogP contribution in [0.15, 0.2) is 24.3 Å². The molecule has 1 unspecified atom stereocenters. The molecule has 1 saturated heterocycles. The van der Waals surface area contributed by atoms with Gasteiger partial charge in [-0.25, -0.2) is 0 Å². The Labute approximate surface area is 145 Å². The normalized spacial score (nSPS) is 24.6. The molecule has 1 aromatic carbocycles. The summed E-state index contributed by atoms with van der Waals surface area (Å²) in [7, 11) is 0. The van der Waals surface area contributed by atoms with Gasteiger partial charge in [0.1, 0.15) is 0 Å². The van der Waals surface area contributed by atoms with Crippen LogP contribution in [0.5, 0.6) is 0 Å². The standard InChI is InChI=1S/C18H23F3N2O2/c19-18(20,21)15-6-4-13(5-7-15)10-22-12-17(25)8-1-9-23(16(17)24)11-14-2-3-14/h4-7,14,22,25H,1-3,8-12H2. The Bertz CT molecular complexity index is 614. The van der Waals surface area contributed by atoms with Crippen LogP contribution in [0.2, 0.25) is 0 Å². The predicted molar refractivity (Wildman–Crippen MR) is 86.6 cm³/mol. The molecule has 1 saturated carbocycles. The Morgan fingerprint density at radius 3 is 2.52 bits per heavy atom. The molecule has 0 spiro atoms. The number of piperidine rings is 1. The molecule has 1 amide bonds. The molecule has 2 aliphatic rings.